The molecule has 1 aromatic rings. The van der Waals surface area contributed by atoms with Gasteiger partial charge in [0, 0.05) is 28.8 Å². The topological polar surface area (TPSA) is 20.3 Å². The smallest absolute Gasteiger partial charge is 0.151 e. The Kier molecular flexibility index (Phi) is 4.34. The number of aldehydes is 1. The van der Waals surface area contributed by atoms with E-state index in [-0.39, 0.29) is 0 Å². The Balaban J connectivity index is 2.10. The lowest BCUT2D eigenvalue weighted by molar-refractivity contribution is 0.112. The summed E-state index contributed by atoms with van der Waals surface area (Å²) in [6.45, 7) is 4.72. The van der Waals surface area contributed by atoms with Crippen LogP contribution in [0.25, 0.3) is 0 Å². The average Bonchev–Trinajstić information content (AvgIpc) is 2.38. The minimum atomic E-state index is 0.499. The second-order valence-electron chi connectivity index (χ2n) is 6.33. The Labute approximate surface area is 124 Å². The van der Waals surface area contributed by atoms with Crippen molar-refractivity contribution in [1.82, 2.24) is 0 Å². The summed E-state index contributed by atoms with van der Waals surface area (Å²) in [5, 5.41) is 0. The summed E-state index contributed by atoms with van der Waals surface area (Å²) in [5.74, 6) is 0. The normalized spacial score (nSPS) is 19.2. The fourth-order valence-corrected chi connectivity index (χ4v) is 3.27. The number of hydrogen-bond donors (Lipinski definition) is 0. The van der Waals surface area contributed by atoms with Gasteiger partial charge in [-0.1, -0.05) is 13.8 Å². The average molecular weight is 324 g/mol. The van der Waals surface area contributed by atoms with Gasteiger partial charge in [0.05, 0.1) is 0 Å². The minimum Gasteiger partial charge on any atom is -0.372 e. The first kappa shape index (κ1) is 14.6. The standard InChI is InChI=1S/C16H22BrNO/c1-16(2)8-6-13(7-9-16)18(3)14-5-4-12(11-19)15(17)10-14/h4-5,10-11,13H,6-9H2,1-3H3. The Morgan fingerprint density at radius 1 is 1.32 bits per heavy atom. The SMILES string of the molecule is CN(c1ccc(C=O)c(Br)c1)C1CCC(C)(C)CC1. The molecule has 0 N–H and O–H groups in total. The third-order valence-electron chi connectivity index (χ3n) is 4.37. The molecule has 0 spiro atoms. The van der Waals surface area contributed by atoms with Crippen LogP contribution in [0.2, 0.25) is 0 Å². The van der Waals surface area contributed by atoms with E-state index in [1.54, 1.807) is 0 Å². The minimum absolute atomic E-state index is 0.499. The van der Waals surface area contributed by atoms with Crippen LogP contribution in [-0.4, -0.2) is 19.4 Å². The van der Waals surface area contributed by atoms with Crippen LogP contribution in [-0.2, 0) is 0 Å². The lowest BCUT2D eigenvalue weighted by Crippen LogP contribution is -2.37. The molecule has 0 aliphatic heterocycles. The van der Waals surface area contributed by atoms with E-state index in [0.717, 1.165) is 10.8 Å². The third kappa shape index (κ3) is 3.38. The molecule has 1 aromatic carbocycles. The summed E-state index contributed by atoms with van der Waals surface area (Å²) >= 11 is 3.46. The number of carbonyl (C=O) groups excluding carboxylic acids is 1. The first-order chi connectivity index (χ1) is 8.93. The molecule has 19 heavy (non-hydrogen) atoms. The Bertz CT molecular complexity index is 460. The molecule has 0 aromatic heterocycles. The molecule has 3 heteroatoms. The molecule has 1 fully saturated rings. The van der Waals surface area contributed by atoms with Gasteiger partial charge in [-0.25, -0.2) is 0 Å². The van der Waals surface area contributed by atoms with E-state index in [1.165, 1.54) is 31.4 Å². The molecule has 0 radical (unpaired) electrons. The second kappa shape index (κ2) is 5.66. The van der Waals surface area contributed by atoms with Crippen LogP contribution in [0.5, 0.6) is 0 Å². The highest BCUT2D eigenvalue weighted by Crippen LogP contribution is 2.38. The Morgan fingerprint density at radius 2 is 1.95 bits per heavy atom. The molecular formula is C16H22BrNO. The van der Waals surface area contributed by atoms with E-state index < -0.39 is 0 Å². The van der Waals surface area contributed by atoms with Crippen molar-refractivity contribution in [2.24, 2.45) is 5.41 Å². The monoisotopic (exact) mass is 323 g/mol. The van der Waals surface area contributed by atoms with Gasteiger partial charge in [0.2, 0.25) is 0 Å². The van der Waals surface area contributed by atoms with Crippen LogP contribution >= 0.6 is 15.9 Å². The van der Waals surface area contributed by atoms with E-state index in [4.69, 9.17) is 0 Å². The van der Waals surface area contributed by atoms with E-state index in [9.17, 15) is 4.79 Å². The van der Waals surface area contributed by atoms with E-state index >= 15 is 0 Å². The summed E-state index contributed by atoms with van der Waals surface area (Å²) in [7, 11) is 2.16. The van der Waals surface area contributed by atoms with Gasteiger partial charge in [0.15, 0.2) is 6.29 Å². The van der Waals surface area contributed by atoms with Crippen molar-refractivity contribution in [2.45, 2.75) is 45.6 Å². The van der Waals surface area contributed by atoms with Crippen LogP contribution < -0.4 is 4.90 Å². The zero-order valence-corrected chi connectivity index (χ0v) is 13.5. The molecular weight excluding hydrogens is 302 g/mol. The van der Waals surface area contributed by atoms with Gasteiger partial charge in [-0.15, -0.1) is 0 Å². The van der Waals surface area contributed by atoms with Crippen molar-refractivity contribution in [3.63, 3.8) is 0 Å². The number of rotatable bonds is 3. The molecule has 1 aliphatic carbocycles. The van der Waals surface area contributed by atoms with Gasteiger partial charge >= 0.3 is 0 Å². The summed E-state index contributed by atoms with van der Waals surface area (Å²) in [6.07, 6.45) is 5.95. The molecule has 104 valence electrons. The summed E-state index contributed by atoms with van der Waals surface area (Å²) < 4.78 is 0.878. The molecule has 0 amide bonds. The fourth-order valence-electron chi connectivity index (χ4n) is 2.81. The lowest BCUT2D eigenvalue weighted by Gasteiger charge is -2.39. The predicted octanol–water partition coefficient (Wildman–Crippen LogP) is 4.67. The zero-order chi connectivity index (χ0) is 14.0. The van der Waals surface area contributed by atoms with Crippen molar-refractivity contribution in [2.75, 3.05) is 11.9 Å². The Hall–Kier alpha value is -0.830. The molecule has 0 unspecified atom stereocenters. The quantitative estimate of drug-likeness (QED) is 0.753. The molecule has 0 heterocycles. The highest BCUT2D eigenvalue weighted by molar-refractivity contribution is 9.10. The molecule has 2 rings (SSSR count). The van der Waals surface area contributed by atoms with Gasteiger partial charge in [-0.05, 0) is 65.2 Å². The first-order valence-electron chi connectivity index (χ1n) is 6.90. The maximum Gasteiger partial charge on any atom is 0.151 e. The van der Waals surface area contributed by atoms with Crippen molar-refractivity contribution in [1.29, 1.82) is 0 Å². The van der Waals surface area contributed by atoms with Crippen molar-refractivity contribution >= 4 is 27.9 Å². The second-order valence-corrected chi connectivity index (χ2v) is 7.18. The van der Waals surface area contributed by atoms with Gasteiger partial charge in [-0.2, -0.15) is 0 Å². The zero-order valence-electron chi connectivity index (χ0n) is 11.9. The molecule has 0 atom stereocenters. The predicted molar refractivity (Wildman–Crippen MR) is 84.0 cm³/mol. The number of halogens is 1. The van der Waals surface area contributed by atoms with Gasteiger partial charge in [-0.3, -0.25) is 4.79 Å². The van der Waals surface area contributed by atoms with Crippen LogP contribution in [0, 0.1) is 5.41 Å². The maximum absolute atomic E-state index is 10.8. The van der Waals surface area contributed by atoms with Gasteiger partial charge in [0.1, 0.15) is 0 Å². The Morgan fingerprint density at radius 3 is 2.47 bits per heavy atom. The summed E-state index contributed by atoms with van der Waals surface area (Å²) in [4.78, 5) is 13.2. The molecule has 0 bridgehead atoms. The first-order valence-corrected chi connectivity index (χ1v) is 7.70. The van der Waals surface area contributed by atoms with Crippen LogP contribution in [0.3, 0.4) is 0 Å². The highest BCUT2D eigenvalue weighted by Gasteiger charge is 2.28. The lowest BCUT2D eigenvalue weighted by atomic mass is 9.75. The molecule has 0 saturated heterocycles. The summed E-state index contributed by atoms with van der Waals surface area (Å²) in [6, 6.07) is 6.58. The van der Waals surface area contributed by atoms with Gasteiger partial charge < -0.3 is 4.90 Å². The van der Waals surface area contributed by atoms with Crippen molar-refractivity contribution in [3.05, 3.63) is 28.2 Å². The van der Waals surface area contributed by atoms with Gasteiger partial charge in [0.25, 0.3) is 0 Å². The van der Waals surface area contributed by atoms with E-state index in [2.05, 4.69) is 41.7 Å². The molecule has 1 saturated carbocycles. The van der Waals surface area contributed by atoms with Crippen molar-refractivity contribution < 1.29 is 4.79 Å². The largest absolute Gasteiger partial charge is 0.372 e. The fraction of sp³-hybridized carbons (Fsp3) is 0.562. The number of carbonyl (C=O) groups is 1. The number of benzene rings is 1. The molecule has 2 nitrogen and oxygen atoms in total. The maximum atomic E-state index is 10.8. The van der Waals surface area contributed by atoms with E-state index in [0.29, 0.717) is 17.0 Å². The summed E-state index contributed by atoms with van der Waals surface area (Å²) in [5.41, 5.74) is 2.39. The highest BCUT2D eigenvalue weighted by atomic mass is 79.9. The van der Waals surface area contributed by atoms with Crippen LogP contribution in [0.1, 0.15) is 49.9 Å². The van der Waals surface area contributed by atoms with Crippen molar-refractivity contribution in [3.8, 4) is 0 Å². The van der Waals surface area contributed by atoms with E-state index in [1.807, 2.05) is 18.2 Å². The molecule has 1 aliphatic rings. The number of nitrogens with zero attached hydrogens (tertiary/aromatic N) is 1. The number of hydrogen-bond acceptors (Lipinski definition) is 2. The third-order valence-corrected chi connectivity index (χ3v) is 5.06. The van der Waals surface area contributed by atoms with Crippen LogP contribution in [0.15, 0.2) is 22.7 Å². The van der Waals surface area contributed by atoms with Crippen LogP contribution in [0.4, 0.5) is 5.69 Å². The number of anilines is 1.